The maximum atomic E-state index is 12.3. The van der Waals surface area contributed by atoms with Crippen molar-refractivity contribution in [1.82, 2.24) is 15.6 Å². The summed E-state index contributed by atoms with van der Waals surface area (Å²) >= 11 is 0. The van der Waals surface area contributed by atoms with Crippen molar-refractivity contribution in [2.24, 2.45) is 0 Å². The van der Waals surface area contributed by atoms with Gasteiger partial charge in [-0.1, -0.05) is 18.2 Å². The maximum Gasteiger partial charge on any atom is 0.319 e. The molecule has 1 aromatic heterocycles. The number of aliphatic hydroxyl groups is 1. The van der Waals surface area contributed by atoms with Crippen LogP contribution in [-0.2, 0) is 16.1 Å². The van der Waals surface area contributed by atoms with Crippen molar-refractivity contribution in [2.45, 2.75) is 31.2 Å². The number of anilines is 1. The van der Waals surface area contributed by atoms with Crippen LogP contribution >= 0.6 is 0 Å². The summed E-state index contributed by atoms with van der Waals surface area (Å²) in [5.74, 6) is 0.491. The molecule has 164 valence electrons. The molecule has 9 heteroatoms. The zero-order chi connectivity index (χ0) is 22.1. The number of nitrogens with zero attached hydrogens (tertiary/aromatic N) is 1. The van der Waals surface area contributed by atoms with Gasteiger partial charge in [-0.2, -0.15) is 0 Å². The first-order valence-corrected chi connectivity index (χ1v) is 9.90. The van der Waals surface area contributed by atoms with E-state index < -0.39 is 24.3 Å². The molecule has 0 unspecified atom stereocenters. The van der Waals surface area contributed by atoms with Crippen molar-refractivity contribution in [3.05, 3.63) is 66.5 Å². The third-order valence-electron chi connectivity index (χ3n) is 4.69. The molecule has 1 aromatic carbocycles. The second kappa shape index (κ2) is 11.1. The van der Waals surface area contributed by atoms with E-state index in [-0.39, 0.29) is 18.9 Å². The molecule has 0 radical (unpaired) electrons. The molecule has 4 N–H and O–H groups in total. The van der Waals surface area contributed by atoms with Gasteiger partial charge in [0, 0.05) is 11.9 Å². The van der Waals surface area contributed by atoms with Gasteiger partial charge in [0.1, 0.15) is 11.9 Å². The topological polar surface area (TPSA) is 122 Å². The highest BCUT2D eigenvalue weighted by molar-refractivity contribution is 5.89. The van der Waals surface area contributed by atoms with Gasteiger partial charge in [-0.15, -0.1) is 0 Å². The number of ether oxygens (including phenoxy) is 2. The monoisotopic (exact) mass is 426 g/mol. The van der Waals surface area contributed by atoms with Gasteiger partial charge in [0.15, 0.2) is 0 Å². The number of pyridine rings is 1. The van der Waals surface area contributed by atoms with Crippen molar-refractivity contribution in [3.8, 4) is 5.75 Å². The minimum Gasteiger partial charge on any atom is -0.497 e. The first-order chi connectivity index (χ1) is 15.1. The number of carbonyl (C=O) groups is 2. The van der Waals surface area contributed by atoms with E-state index >= 15 is 0 Å². The average Bonchev–Trinajstić information content (AvgIpc) is 2.80. The SMILES string of the molecule is COc1ccc(NC(=O)N[C@H]2C=C[C@@H](CC(=O)NCc3ccccn3)O[C@H]2CO)cc1. The van der Waals surface area contributed by atoms with E-state index in [0.29, 0.717) is 18.0 Å². The highest BCUT2D eigenvalue weighted by Gasteiger charge is 2.29. The number of amides is 3. The number of hydrogen-bond donors (Lipinski definition) is 4. The average molecular weight is 426 g/mol. The van der Waals surface area contributed by atoms with E-state index in [2.05, 4.69) is 20.9 Å². The number of nitrogens with one attached hydrogen (secondary N) is 3. The van der Waals surface area contributed by atoms with Crippen LogP contribution in [0.15, 0.2) is 60.8 Å². The third-order valence-corrected chi connectivity index (χ3v) is 4.69. The van der Waals surface area contributed by atoms with Gasteiger partial charge in [-0.25, -0.2) is 4.79 Å². The normalized spacial score (nSPS) is 20.0. The minimum absolute atomic E-state index is 0.102. The van der Waals surface area contributed by atoms with Crippen molar-refractivity contribution in [3.63, 3.8) is 0 Å². The molecule has 0 saturated carbocycles. The van der Waals surface area contributed by atoms with Gasteiger partial charge in [-0.3, -0.25) is 9.78 Å². The first kappa shape index (κ1) is 22.3. The van der Waals surface area contributed by atoms with E-state index in [0.717, 1.165) is 5.69 Å². The van der Waals surface area contributed by atoms with Crippen molar-refractivity contribution >= 4 is 17.6 Å². The maximum absolute atomic E-state index is 12.3. The fraction of sp³-hybridized carbons (Fsp3) is 0.318. The molecule has 1 aliphatic rings. The Balaban J connectivity index is 1.48. The molecule has 3 rings (SSSR count). The predicted molar refractivity (Wildman–Crippen MR) is 115 cm³/mol. The zero-order valence-electron chi connectivity index (χ0n) is 17.2. The van der Waals surface area contributed by atoms with E-state index in [1.54, 1.807) is 49.7 Å². The molecule has 31 heavy (non-hydrogen) atoms. The van der Waals surface area contributed by atoms with Crippen LogP contribution in [0.1, 0.15) is 12.1 Å². The lowest BCUT2D eigenvalue weighted by Gasteiger charge is -2.31. The summed E-state index contributed by atoms with van der Waals surface area (Å²) in [7, 11) is 1.57. The van der Waals surface area contributed by atoms with Gasteiger partial charge in [0.25, 0.3) is 0 Å². The molecule has 3 atom stereocenters. The molecule has 3 amide bonds. The molecule has 0 spiro atoms. The van der Waals surface area contributed by atoms with Crippen LogP contribution in [0, 0.1) is 0 Å². The number of aliphatic hydroxyl groups excluding tert-OH is 1. The fourth-order valence-electron chi connectivity index (χ4n) is 3.08. The molecule has 0 fully saturated rings. The quantitative estimate of drug-likeness (QED) is 0.476. The van der Waals surface area contributed by atoms with Crippen LogP contribution in [-0.4, -0.2) is 54.0 Å². The number of aromatic nitrogens is 1. The standard InChI is InChI=1S/C22H26N4O5/c1-30-17-7-5-15(6-8-17)25-22(29)26-19-10-9-18(31-20(19)14-27)12-21(28)24-13-16-4-2-3-11-23-16/h2-11,18-20,27H,12-14H2,1H3,(H,24,28)(H2,25,26,29)/t18-,19-,20-/m0/s1. The van der Waals surface area contributed by atoms with Crippen molar-refractivity contribution in [2.75, 3.05) is 19.0 Å². The molecule has 0 bridgehead atoms. The van der Waals surface area contributed by atoms with E-state index in [1.165, 1.54) is 0 Å². The molecule has 2 aromatic rings. The molecule has 2 heterocycles. The summed E-state index contributed by atoms with van der Waals surface area (Å²) in [6.07, 6.45) is 4.05. The number of benzene rings is 1. The van der Waals surface area contributed by atoms with E-state index in [4.69, 9.17) is 9.47 Å². The molecule has 0 aliphatic carbocycles. The third kappa shape index (κ3) is 6.80. The van der Waals surface area contributed by atoms with E-state index in [1.807, 2.05) is 18.2 Å². The Kier molecular flexibility index (Phi) is 7.97. The van der Waals surface area contributed by atoms with Crippen LogP contribution in [0.4, 0.5) is 10.5 Å². The lowest BCUT2D eigenvalue weighted by molar-refractivity contribution is -0.125. The second-order valence-corrected chi connectivity index (χ2v) is 6.94. The Morgan fingerprint density at radius 2 is 1.97 bits per heavy atom. The number of methoxy groups -OCH3 is 1. The van der Waals surface area contributed by atoms with Crippen molar-refractivity contribution in [1.29, 1.82) is 0 Å². The summed E-state index contributed by atoms with van der Waals surface area (Å²) in [6.45, 7) is 0.0269. The zero-order valence-corrected chi connectivity index (χ0v) is 17.2. The van der Waals surface area contributed by atoms with Crippen molar-refractivity contribution < 1.29 is 24.2 Å². The van der Waals surface area contributed by atoms with E-state index in [9.17, 15) is 14.7 Å². The Morgan fingerprint density at radius 3 is 2.65 bits per heavy atom. The van der Waals surface area contributed by atoms with Crippen LogP contribution in [0.25, 0.3) is 0 Å². The predicted octanol–water partition coefficient (Wildman–Crippen LogP) is 1.60. The number of rotatable bonds is 8. The largest absolute Gasteiger partial charge is 0.497 e. The van der Waals surface area contributed by atoms with Crippen LogP contribution < -0.4 is 20.7 Å². The highest BCUT2D eigenvalue weighted by atomic mass is 16.5. The summed E-state index contributed by atoms with van der Waals surface area (Å²) in [5.41, 5.74) is 1.36. The Labute approximate surface area is 180 Å². The number of urea groups is 1. The minimum atomic E-state index is -0.666. The highest BCUT2D eigenvalue weighted by Crippen LogP contribution is 2.17. The smallest absolute Gasteiger partial charge is 0.319 e. The Morgan fingerprint density at radius 1 is 1.16 bits per heavy atom. The molecular formula is C22H26N4O5. The summed E-state index contributed by atoms with van der Waals surface area (Å²) in [6, 6.07) is 11.4. The van der Waals surface area contributed by atoms with Gasteiger partial charge in [0.2, 0.25) is 5.91 Å². The van der Waals surface area contributed by atoms with Gasteiger partial charge in [0.05, 0.1) is 44.5 Å². The molecular weight excluding hydrogens is 400 g/mol. The molecule has 1 aliphatic heterocycles. The first-order valence-electron chi connectivity index (χ1n) is 9.90. The second-order valence-electron chi connectivity index (χ2n) is 6.94. The Bertz CT molecular complexity index is 889. The molecule has 9 nitrogen and oxygen atoms in total. The van der Waals surface area contributed by atoms with Gasteiger partial charge >= 0.3 is 6.03 Å². The number of hydrogen-bond acceptors (Lipinski definition) is 6. The lowest BCUT2D eigenvalue weighted by atomic mass is 10.0. The van der Waals surface area contributed by atoms with Crippen LogP contribution in [0.2, 0.25) is 0 Å². The summed E-state index contributed by atoms with van der Waals surface area (Å²) in [5, 5.41) is 17.9. The fourth-order valence-corrected chi connectivity index (χ4v) is 3.08. The lowest BCUT2D eigenvalue weighted by Crippen LogP contribution is -2.50. The molecule has 0 saturated heterocycles. The summed E-state index contributed by atoms with van der Waals surface area (Å²) < 4.78 is 10.9. The van der Waals surface area contributed by atoms with Gasteiger partial charge in [-0.05, 0) is 36.4 Å². The Hall–Kier alpha value is -3.43. The van der Waals surface area contributed by atoms with Crippen LogP contribution in [0.5, 0.6) is 5.75 Å². The summed E-state index contributed by atoms with van der Waals surface area (Å²) in [4.78, 5) is 28.6. The number of carbonyl (C=O) groups excluding carboxylic acids is 2. The van der Waals surface area contributed by atoms with Gasteiger partial charge < -0.3 is 30.5 Å². The van der Waals surface area contributed by atoms with Crippen LogP contribution in [0.3, 0.4) is 0 Å².